The third-order valence-corrected chi connectivity index (χ3v) is 5.50. The molecule has 0 bridgehead atoms. The van der Waals surface area contributed by atoms with Crippen LogP contribution in [0.3, 0.4) is 0 Å². The highest BCUT2D eigenvalue weighted by Crippen LogP contribution is 2.27. The highest BCUT2D eigenvalue weighted by molar-refractivity contribution is 9.10. The smallest absolute Gasteiger partial charge is 0.232 e. The van der Waals surface area contributed by atoms with Gasteiger partial charge in [-0.25, -0.2) is 0 Å². The fourth-order valence-corrected chi connectivity index (χ4v) is 3.58. The van der Waals surface area contributed by atoms with Crippen LogP contribution in [0.15, 0.2) is 57.9 Å². The first-order valence-corrected chi connectivity index (χ1v) is 9.13. The van der Waals surface area contributed by atoms with E-state index in [1.54, 1.807) is 16.7 Å². The maximum Gasteiger partial charge on any atom is 0.232 e. The second-order valence-electron chi connectivity index (χ2n) is 5.53. The normalized spacial score (nSPS) is 10.4. The third kappa shape index (κ3) is 5.29. The highest BCUT2D eigenvalue weighted by Gasteiger charge is 2.11. The number of nitrogens with zero attached hydrogens (tertiary/aromatic N) is 2. The van der Waals surface area contributed by atoms with Crippen LogP contribution in [0.1, 0.15) is 5.56 Å². The maximum atomic E-state index is 12.3. The first-order chi connectivity index (χ1) is 11.0. The average molecular weight is 393 g/mol. The van der Waals surface area contributed by atoms with Crippen molar-refractivity contribution in [3.05, 3.63) is 58.6 Å². The van der Waals surface area contributed by atoms with E-state index in [1.165, 1.54) is 0 Å². The van der Waals surface area contributed by atoms with E-state index in [0.717, 1.165) is 20.6 Å². The van der Waals surface area contributed by atoms with E-state index in [-0.39, 0.29) is 5.91 Å². The zero-order valence-electron chi connectivity index (χ0n) is 13.6. The molecule has 0 fully saturated rings. The lowest BCUT2D eigenvalue weighted by atomic mass is 10.2. The summed E-state index contributed by atoms with van der Waals surface area (Å²) in [5.41, 5.74) is 2.30. The fraction of sp³-hybridized carbons (Fsp3) is 0.278. The summed E-state index contributed by atoms with van der Waals surface area (Å²) >= 11 is 5.06. The van der Waals surface area contributed by atoms with Crippen molar-refractivity contribution < 1.29 is 4.79 Å². The van der Waals surface area contributed by atoms with Crippen LogP contribution in [0.2, 0.25) is 0 Å². The monoisotopic (exact) mass is 392 g/mol. The van der Waals surface area contributed by atoms with Gasteiger partial charge < -0.3 is 9.80 Å². The summed E-state index contributed by atoms with van der Waals surface area (Å²) in [6.07, 6.45) is 0. The quantitative estimate of drug-likeness (QED) is 0.685. The minimum Gasteiger partial charge on any atom is -0.378 e. The van der Waals surface area contributed by atoms with Crippen LogP contribution in [0.25, 0.3) is 0 Å². The molecule has 0 saturated heterocycles. The van der Waals surface area contributed by atoms with Gasteiger partial charge in [-0.05, 0) is 45.8 Å². The first kappa shape index (κ1) is 17.9. The minimum atomic E-state index is 0.127. The largest absolute Gasteiger partial charge is 0.378 e. The van der Waals surface area contributed by atoms with Crippen molar-refractivity contribution in [1.82, 2.24) is 4.90 Å². The Morgan fingerprint density at radius 2 is 1.70 bits per heavy atom. The van der Waals surface area contributed by atoms with Crippen molar-refractivity contribution in [2.45, 2.75) is 11.4 Å². The predicted octanol–water partition coefficient (Wildman–Crippen LogP) is 4.27. The molecule has 0 saturated carbocycles. The van der Waals surface area contributed by atoms with Crippen LogP contribution in [0, 0.1) is 0 Å². The predicted molar refractivity (Wildman–Crippen MR) is 102 cm³/mol. The third-order valence-electron chi connectivity index (χ3n) is 3.49. The lowest BCUT2D eigenvalue weighted by Gasteiger charge is -2.18. The van der Waals surface area contributed by atoms with Crippen LogP contribution in [0.5, 0.6) is 0 Å². The molecule has 2 aromatic carbocycles. The average Bonchev–Trinajstić information content (AvgIpc) is 2.54. The molecular formula is C18H21BrN2OS. The summed E-state index contributed by atoms with van der Waals surface area (Å²) in [5.74, 6) is 0.567. The van der Waals surface area contributed by atoms with Gasteiger partial charge in [0.25, 0.3) is 0 Å². The Labute approximate surface area is 150 Å². The molecule has 0 spiro atoms. The number of anilines is 1. The summed E-state index contributed by atoms with van der Waals surface area (Å²) in [7, 11) is 5.88. The Morgan fingerprint density at radius 3 is 2.30 bits per heavy atom. The second kappa shape index (κ2) is 8.41. The highest BCUT2D eigenvalue weighted by atomic mass is 79.9. The van der Waals surface area contributed by atoms with Gasteiger partial charge in [0.2, 0.25) is 5.91 Å². The standard InChI is InChI=1S/C18H21BrN2OS/c1-20(2)15-10-8-14(9-11-15)12-21(3)18(22)13-23-17-7-5-4-6-16(17)19/h4-11H,12-13H2,1-3H3. The van der Waals surface area contributed by atoms with Crippen LogP contribution in [0.4, 0.5) is 5.69 Å². The molecule has 23 heavy (non-hydrogen) atoms. The van der Waals surface area contributed by atoms with Crippen molar-refractivity contribution >= 4 is 39.3 Å². The molecular weight excluding hydrogens is 372 g/mol. The lowest BCUT2D eigenvalue weighted by molar-refractivity contribution is -0.127. The number of amides is 1. The molecule has 0 aliphatic heterocycles. The van der Waals surface area contributed by atoms with Crippen LogP contribution < -0.4 is 4.90 Å². The molecule has 0 N–H and O–H groups in total. The number of rotatable bonds is 6. The molecule has 3 nitrogen and oxygen atoms in total. The van der Waals surface area contributed by atoms with Crippen molar-refractivity contribution in [3.63, 3.8) is 0 Å². The number of hydrogen-bond acceptors (Lipinski definition) is 3. The summed E-state index contributed by atoms with van der Waals surface area (Å²) in [5, 5.41) is 0. The van der Waals surface area contributed by atoms with Gasteiger partial charge >= 0.3 is 0 Å². The minimum absolute atomic E-state index is 0.127. The zero-order chi connectivity index (χ0) is 16.8. The first-order valence-electron chi connectivity index (χ1n) is 7.35. The van der Waals surface area contributed by atoms with Crippen molar-refractivity contribution in [2.75, 3.05) is 31.8 Å². The Bertz CT molecular complexity index is 658. The second-order valence-corrected chi connectivity index (χ2v) is 7.40. The SMILES string of the molecule is CN(Cc1ccc(N(C)C)cc1)C(=O)CSc1ccccc1Br. The summed E-state index contributed by atoms with van der Waals surface area (Å²) in [6, 6.07) is 16.2. The molecule has 2 aromatic rings. The van der Waals surface area contributed by atoms with E-state index in [4.69, 9.17) is 0 Å². The number of carbonyl (C=O) groups is 1. The molecule has 0 unspecified atom stereocenters. The Hall–Kier alpha value is -1.46. The summed E-state index contributed by atoms with van der Waals surface area (Å²) < 4.78 is 1.03. The molecule has 122 valence electrons. The van der Waals surface area contributed by atoms with Crippen molar-refractivity contribution in [1.29, 1.82) is 0 Å². The van der Waals surface area contributed by atoms with Gasteiger partial charge in [-0.15, -0.1) is 11.8 Å². The van der Waals surface area contributed by atoms with E-state index in [2.05, 4.69) is 45.1 Å². The van der Waals surface area contributed by atoms with Gasteiger partial charge in [0, 0.05) is 42.7 Å². The molecule has 1 amide bonds. The molecule has 0 aromatic heterocycles. The Morgan fingerprint density at radius 1 is 1.04 bits per heavy atom. The number of halogens is 1. The molecule has 5 heteroatoms. The maximum absolute atomic E-state index is 12.3. The molecule has 0 atom stereocenters. The van der Waals surface area contributed by atoms with Gasteiger partial charge in [-0.3, -0.25) is 4.79 Å². The summed E-state index contributed by atoms with van der Waals surface area (Å²) in [4.78, 5) is 17.2. The number of carbonyl (C=O) groups excluding carboxylic acids is 1. The number of hydrogen-bond donors (Lipinski definition) is 0. The van der Waals surface area contributed by atoms with Crippen LogP contribution in [-0.4, -0.2) is 37.7 Å². The molecule has 0 radical (unpaired) electrons. The zero-order valence-corrected chi connectivity index (χ0v) is 16.0. The molecule has 0 heterocycles. The van der Waals surface area contributed by atoms with E-state index >= 15 is 0 Å². The van der Waals surface area contributed by atoms with Gasteiger partial charge in [0.1, 0.15) is 0 Å². The molecule has 2 rings (SSSR count). The lowest BCUT2D eigenvalue weighted by Crippen LogP contribution is -2.27. The molecule has 0 aliphatic carbocycles. The number of benzene rings is 2. The van der Waals surface area contributed by atoms with E-state index in [1.807, 2.05) is 45.4 Å². The summed E-state index contributed by atoms with van der Waals surface area (Å²) in [6.45, 7) is 0.628. The van der Waals surface area contributed by atoms with Crippen LogP contribution >= 0.6 is 27.7 Å². The fourth-order valence-electron chi connectivity index (χ4n) is 2.07. The van der Waals surface area contributed by atoms with E-state index in [0.29, 0.717) is 12.3 Å². The number of thioether (sulfide) groups is 1. The van der Waals surface area contributed by atoms with Gasteiger partial charge in [0.15, 0.2) is 0 Å². The topological polar surface area (TPSA) is 23.6 Å². The van der Waals surface area contributed by atoms with Crippen molar-refractivity contribution in [3.8, 4) is 0 Å². The van der Waals surface area contributed by atoms with Gasteiger partial charge in [-0.1, -0.05) is 24.3 Å². The molecule has 0 aliphatic rings. The Balaban J connectivity index is 1.88. The van der Waals surface area contributed by atoms with E-state index < -0.39 is 0 Å². The van der Waals surface area contributed by atoms with E-state index in [9.17, 15) is 4.79 Å². The Kier molecular flexibility index (Phi) is 6.54. The van der Waals surface area contributed by atoms with Crippen molar-refractivity contribution in [2.24, 2.45) is 0 Å². The van der Waals surface area contributed by atoms with Gasteiger partial charge in [-0.2, -0.15) is 0 Å². The van der Waals surface area contributed by atoms with Gasteiger partial charge in [0.05, 0.1) is 5.75 Å². The van der Waals surface area contributed by atoms with Crippen LogP contribution in [-0.2, 0) is 11.3 Å².